The van der Waals surface area contributed by atoms with E-state index in [0.717, 1.165) is 13.1 Å². The van der Waals surface area contributed by atoms with Crippen molar-refractivity contribution in [1.82, 2.24) is 4.31 Å². The number of hydrogen-bond donors (Lipinski definition) is 1. The highest BCUT2D eigenvalue weighted by Crippen LogP contribution is 2.20. The zero-order valence-electron chi connectivity index (χ0n) is 11.0. The summed E-state index contributed by atoms with van der Waals surface area (Å²) < 4.78 is 49.1. The van der Waals surface area contributed by atoms with Crippen molar-refractivity contribution in [3.8, 4) is 0 Å². The third-order valence-electron chi connectivity index (χ3n) is 2.80. The predicted molar refractivity (Wildman–Crippen MR) is 68.6 cm³/mol. The lowest BCUT2D eigenvalue weighted by atomic mass is 10.1. The zero-order chi connectivity index (χ0) is 15.5. The van der Waals surface area contributed by atoms with Gasteiger partial charge in [0.2, 0.25) is 10.0 Å². The summed E-state index contributed by atoms with van der Waals surface area (Å²) in [6.07, 6.45) is -2.38. The molecule has 0 atom stereocenters. The van der Waals surface area contributed by atoms with E-state index in [0.29, 0.717) is 16.3 Å². The molecule has 0 aliphatic rings. The Kier molecular flexibility index (Phi) is 5.18. The first-order valence-corrected chi connectivity index (χ1v) is 7.24. The number of benzene rings is 1. The molecule has 8 heteroatoms. The van der Waals surface area contributed by atoms with Crippen LogP contribution in [0.3, 0.4) is 0 Å². The van der Waals surface area contributed by atoms with E-state index in [1.165, 1.54) is 12.1 Å². The number of aryl methyl sites for hydroxylation is 1. The Morgan fingerprint density at radius 2 is 2.00 bits per heavy atom. The molecule has 0 fully saturated rings. The van der Waals surface area contributed by atoms with Gasteiger partial charge in [0.1, 0.15) is 0 Å². The summed E-state index contributed by atoms with van der Waals surface area (Å²) in [7, 11) is -3.10. The average Bonchev–Trinajstić information content (AvgIpc) is 2.36. The lowest BCUT2D eigenvalue weighted by Gasteiger charge is -2.17. The Morgan fingerprint density at radius 1 is 1.40 bits per heavy atom. The second-order valence-corrected chi connectivity index (χ2v) is 6.20. The first-order chi connectivity index (χ1) is 9.20. The highest BCUT2D eigenvalue weighted by molar-refractivity contribution is 7.89. The fraction of sp³-hybridized carbons (Fsp3) is 0.417. The molecule has 0 amide bonds. The van der Waals surface area contributed by atoms with Gasteiger partial charge >= 0.3 is 5.97 Å². The predicted octanol–water partition coefficient (Wildman–Crippen LogP) is 1.83. The van der Waals surface area contributed by atoms with E-state index in [1.807, 2.05) is 0 Å². The van der Waals surface area contributed by atoms with Crippen LogP contribution in [0, 0.1) is 0 Å². The first kappa shape index (κ1) is 16.5. The molecule has 0 bridgehead atoms. The fourth-order valence-corrected chi connectivity index (χ4v) is 2.87. The molecule has 0 radical (unpaired) electrons. The number of carboxylic acid groups (broad SMARTS) is 1. The number of aromatic carboxylic acids is 1. The summed E-state index contributed by atoms with van der Waals surface area (Å²) >= 11 is 0. The molecule has 0 spiro atoms. The van der Waals surface area contributed by atoms with E-state index < -0.39 is 29.0 Å². The van der Waals surface area contributed by atoms with Gasteiger partial charge in [0, 0.05) is 7.05 Å². The van der Waals surface area contributed by atoms with Crippen LogP contribution in [0.1, 0.15) is 22.8 Å². The topological polar surface area (TPSA) is 74.7 Å². The summed E-state index contributed by atoms with van der Waals surface area (Å²) in [6, 6.07) is 3.60. The van der Waals surface area contributed by atoms with Crippen LogP contribution in [-0.2, 0) is 16.4 Å². The van der Waals surface area contributed by atoms with E-state index in [1.54, 1.807) is 6.92 Å². The molecule has 0 heterocycles. The number of alkyl halides is 2. The third kappa shape index (κ3) is 3.51. The van der Waals surface area contributed by atoms with Crippen LogP contribution in [0.4, 0.5) is 8.78 Å². The minimum Gasteiger partial charge on any atom is -0.478 e. The Hall–Kier alpha value is -1.54. The molecule has 5 nitrogen and oxygen atoms in total. The Balaban J connectivity index is 3.26. The molecule has 0 saturated heterocycles. The average molecular weight is 307 g/mol. The number of hydrogen-bond acceptors (Lipinski definition) is 3. The van der Waals surface area contributed by atoms with Gasteiger partial charge in [-0.2, -0.15) is 4.31 Å². The van der Waals surface area contributed by atoms with Crippen molar-refractivity contribution in [2.75, 3.05) is 13.6 Å². The molecular weight excluding hydrogens is 292 g/mol. The van der Waals surface area contributed by atoms with Crippen LogP contribution in [0.25, 0.3) is 0 Å². The van der Waals surface area contributed by atoms with E-state index in [-0.39, 0.29) is 10.5 Å². The van der Waals surface area contributed by atoms with Crippen LogP contribution in [0.15, 0.2) is 23.1 Å². The minimum atomic E-state index is -4.13. The van der Waals surface area contributed by atoms with Crippen molar-refractivity contribution in [2.24, 2.45) is 0 Å². The number of nitrogens with zero attached hydrogens (tertiary/aromatic N) is 1. The molecule has 0 saturated carbocycles. The Labute approximate surface area is 115 Å². The summed E-state index contributed by atoms with van der Waals surface area (Å²) in [5.41, 5.74) is 0.340. The quantitative estimate of drug-likeness (QED) is 0.870. The highest BCUT2D eigenvalue weighted by atomic mass is 32.2. The zero-order valence-corrected chi connectivity index (χ0v) is 11.8. The minimum absolute atomic E-state index is 0.140. The standard InChI is InChI=1S/C12H15F2NO4S/c1-3-8-4-5-9(6-10(8)12(16)17)20(18,19)15(2)7-11(13)14/h4-6,11H,3,7H2,1-2H3,(H,16,17). The van der Waals surface area contributed by atoms with Crippen molar-refractivity contribution in [2.45, 2.75) is 24.7 Å². The second-order valence-electron chi connectivity index (χ2n) is 4.15. The number of sulfonamides is 1. The smallest absolute Gasteiger partial charge is 0.336 e. The van der Waals surface area contributed by atoms with Crippen molar-refractivity contribution >= 4 is 16.0 Å². The molecule has 0 aliphatic carbocycles. The van der Waals surface area contributed by atoms with Gasteiger partial charge in [-0.1, -0.05) is 13.0 Å². The molecule has 0 aliphatic heterocycles. The third-order valence-corrected chi connectivity index (χ3v) is 4.62. The Bertz CT molecular complexity index is 601. The largest absolute Gasteiger partial charge is 0.478 e. The van der Waals surface area contributed by atoms with Crippen molar-refractivity contribution < 1.29 is 27.1 Å². The molecule has 1 aromatic rings. The van der Waals surface area contributed by atoms with Crippen LogP contribution in [-0.4, -0.2) is 43.8 Å². The van der Waals surface area contributed by atoms with Gasteiger partial charge in [0.05, 0.1) is 17.0 Å². The maximum absolute atomic E-state index is 12.3. The molecular formula is C12H15F2NO4S. The summed E-state index contributed by atoms with van der Waals surface area (Å²) in [6.45, 7) is 0.791. The first-order valence-electron chi connectivity index (χ1n) is 5.80. The number of halogens is 2. The maximum Gasteiger partial charge on any atom is 0.336 e. The van der Waals surface area contributed by atoms with Gasteiger partial charge in [-0.15, -0.1) is 0 Å². The van der Waals surface area contributed by atoms with E-state index in [2.05, 4.69) is 0 Å². The molecule has 20 heavy (non-hydrogen) atoms. The van der Waals surface area contributed by atoms with Crippen LogP contribution in [0.2, 0.25) is 0 Å². The summed E-state index contributed by atoms with van der Waals surface area (Å²) in [4.78, 5) is 10.8. The van der Waals surface area contributed by atoms with E-state index >= 15 is 0 Å². The van der Waals surface area contributed by atoms with Gasteiger partial charge in [-0.3, -0.25) is 0 Å². The molecule has 112 valence electrons. The van der Waals surface area contributed by atoms with E-state index in [9.17, 15) is 22.0 Å². The van der Waals surface area contributed by atoms with Crippen molar-refractivity contribution in [3.05, 3.63) is 29.3 Å². The van der Waals surface area contributed by atoms with Crippen LogP contribution < -0.4 is 0 Å². The molecule has 1 aromatic carbocycles. The number of carboxylic acids is 1. The maximum atomic E-state index is 12.3. The highest BCUT2D eigenvalue weighted by Gasteiger charge is 2.25. The molecule has 0 aromatic heterocycles. The summed E-state index contributed by atoms with van der Waals surface area (Å²) in [5.74, 6) is -1.25. The van der Waals surface area contributed by atoms with Gasteiger partial charge in [-0.05, 0) is 24.1 Å². The normalized spacial score (nSPS) is 12.1. The molecule has 0 unspecified atom stereocenters. The summed E-state index contributed by atoms with van der Waals surface area (Å²) in [5, 5.41) is 9.04. The second kappa shape index (κ2) is 6.27. The van der Waals surface area contributed by atoms with E-state index in [4.69, 9.17) is 5.11 Å². The number of rotatable bonds is 6. The lowest BCUT2D eigenvalue weighted by molar-refractivity contribution is 0.0695. The number of carbonyl (C=O) groups is 1. The fourth-order valence-electron chi connectivity index (χ4n) is 1.70. The van der Waals surface area contributed by atoms with Gasteiger partial charge in [0.15, 0.2) is 0 Å². The van der Waals surface area contributed by atoms with Crippen molar-refractivity contribution in [3.63, 3.8) is 0 Å². The Morgan fingerprint density at radius 3 is 2.45 bits per heavy atom. The van der Waals surface area contributed by atoms with Gasteiger partial charge in [-0.25, -0.2) is 22.0 Å². The monoisotopic (exact) mass is 307 g/mol. The van der Waals surface area contributed by atoms with Crippen molar-refractivity contribution in [1.29, 1.82) is 0 Å². The van der Waals surface area contributed by atoms with Gasteiger partial charge < -0.3 is 5.11 Å². The van der Waals surface area contributed by atoms with Gasteiger partial charge in [0.25, 0.3) is 6.43 Å². The SMILES string of the molecule is CCc1ccc(S(=O)(=O)N(C)CC(F)F)cc1C(=O)O. The lowest BCUT2D eigenvalue weighted by Crippen LogP contribution is -2.31. The molecule has 1 rings (SSSR count). The van der Waals surface area contributed by atoms with Crippen LogP contribution in [0.5, 0.6) is 0 Å². The molecule has 1 N–H and O–H groups in total. The van der Waals surface area contributed by atoms with Crippen LogP contribution >= 0.6 is 0 Å².